The molecule has 30 heavy (non-hydrogen) atoms. The Labute approximate surface area is 187 Å². The molecule has 1 N–H and O–H groups in total. The average Bonchev–Trinajstić information content (AvgIpc) is 2.74. The molecule has 5 nitrogen and oxygen atoms in total. The second-order valence-corrected chi connectivity index (χ2v) is 8.29. The van der Waals surface area contributed by atoms with E-state index in [0.717, 1.165) is 24.2 Å². The van der Waals surface area contributed by atoms with Crippen molar-refractivity contribution in [2.75, 3.05) is 19.7 Å². The molecule has 1 aliphatic heterocycles. The lowest BCUT2D eigenvalue weighted by Crippen LogP contribution is -2.46. The molecule has 0 bridgehead atoms. The molecule has 1 saturated heterocycles. The summed E-state index contributed by atoms with van der Waals surface area (Å²) < 4.78 is 5.76. The number of nitrogens with zero attached hydrogens (tertiary/aromatic N) is 1. The molecule has 1 aliphatic rings. The normalized spacial score (nSPS) is 14.4. The lowest BCUT2D eigenvalue weighted by atomic mass is 10.0. The fraction of sp³-hybridized carbons (Fsp3) is 0.391. The zero-order chi connectivity index (χ0) is 21.5. The molecule has 7 heteroatoms. The van der Waals surface area contributed by atoms with Crippen LogP contribution in [0.15, 0.2) is 42.5 Å². The number of hydrogen-bond donors (Lipinski definition) is 1. The topological polar surface area (TPSA) is 58.6 Å². The number of halogens is 2. The number of carbonyl (C=O) groups is 2. The molecule has 3 rings (SSSR count). The van der Waals surface area contributed by atoms with Crippen molar-refractivity contribution in [1.29, 1.82) is 0 Å². The third kappa shape index (κ3) is 6.13. The fourth-order valence-corrected chi connectivity index (χ4v) is 3.76. The number of piperidine rings is 1. The van der Waals surface area contributed by atoms with Gasteiger partial charge >= 0.3 is 0 Å². The zero-order valence-corrected chi connectivity index (χ0v) is 18.5. The average molecular weight is 449 g/mol. The molecule has 0 atom stereocenters. The Hall–Kier alpha value is -2.24. The van der Waals surface area contributed by atoms with Crippen LogP contribution in [0.2, 0.25) is 10.0 Å². The van der Waals surface area contributed by atoms with Gasteiger partial charge in [-0.2, -0.15) is 0 Å². The molecule has 0 aliphatic carbocycles. The number of carbonyl (C=O) groups excluding carboxylic acids is 2. The highest BCUT2D eigenvalue weighted by Crippen LogP contribution is 2.23. The second-order valence-electron chi connectivity index (χ2n) is 7.47. The van der Waals surface area contributed by atoms with E-state index >= 15 is 0 Å². The number of nitrogens with one attached hydrogen (secondary N) is 1. The van der Waals surface area contributed by atoms with Crippen LogP contribution in [0.1, 0.15) is 41.6 Å². The third-order valence-corrected chi connectivity index (χ3v) is 5.99. The molecule has 0 saturated carbocycles. The number of hydrogen-bond acceptors (Lipinski definition) is 3. The van der Waals surface area contributed by atoms with Gasteiger partial charge in [-0.25, -0.2) is 0 Å². The van der Waals surface area contributed by atoms with Gasteiger partial charge in [-0.15, -0.1) is 0 Å². The van der Waals surface area contributed by atoms with E-state index in [2.05, 4.69) is 5.32 Å². The molecule has 1 fully saturated rings. The van der Waals surface area contributed by atoms with E-state index < -0.39 is 0 Å². The van der Waals surface area contributed by atoms with Crippen molar-refractivity contribution >= 4 is 35.0 Å². The van der Waals surface area contributed by atoms with Gasteiger partial charge in [-0.05, 0) is 56.0 Å². The number of amides is 2. The van der Waals surface area contributed by atoms with Crippen LogP contribution in [0.3, 0.4) is 0 Å². The standard InChI is InChI=1S/C23H26Cl2N2O3/c1-16-5-2-3-6-21(16)30-14-4-7-22(28)27-12-10-18(11-13-27)26-23(29)17-8-9-19(24)20(25)15-17/h2-3,5-6,8-9,15,18H,4,7,10-14H2,1H3,(H,26,29). The summed E-state index contributed by atoms with van der Waals surface area (Å²) in [5.74, 6) is 0.827. The molecule has 2 aromatic carbocycles. The van der Waals surface area contributed by atoms with Gasteiger partial charge in [0.25, 0.3) is 5.91 Å². The number of likely N-dealkylation sites (tertiary alicyclic amines) is 1. The predicted molar refractivity (Wildman–Crippen MR) is 119 cm³/mol. The zero-order valence-electron chi connectivity index (χ0n) is 17.0. The van der Waals surface area contributed by atoms with Crippen molar-refractivity contribution in [3.05, 3.63) is 63.6 Å². The van der Waals surface area contributed by atoms with Gasteiger partial charge in [-0.1, -0.05) is 41.4 Å². The van der Waals surface area contributed by atoms with Gasteiger partial charge in [0.1, 0.15) is 5.75 Å². The quantitative estimate of drug-likeness (QED) is 0.613. The van der Waals surface area contributed by atoms with E-state index in [0.29, 0.717) is 48.1 Å². The van der Waals surface area contributed by atoms with Gasteiger partial charge in [0.2, 0.25) is 5.91 Å². The van der Waals surface area contributed by atoms with E-state index in [-0.39, 0.29) is 17.9 Å². The smallest absolute Gasteiger partial charge is 0.251 e. The van der Waals surface area contributed by atoms with Crippen LogP contribution in [-0.4, -0.2) is 42.5 Å². The Bertz CT molecular complexity index is 896. The number of rotatable bonds is 7. The van der Waals surface area contributed by atoms with Crippen LogP contribution in [-0.2, 0) is 4.79 Å². The van der Waals surface area contributed by atoms with Gasteiger partial charge in [0.05, 0.1) is 16.7 Å². The lowest BCUT2D eigenvalue weighted by molar-refractivity contribution is -0.132. The van der Waals surface area contributed by atoms with E-state index in [1.165, 1.54) is 0 Å². The van der Waals surface area contributed by atoms with Gasteiger partial charge < -0.3 is 15.0 Å². The van der Waals surface area contributed by atoms with E-state index in [1.54, 1.807) is 18.2 Å². The van der Waals surface area contributed by atoms with Crippen molar-refractivity contribution < 1.29 is 14.3 Å². The predicted octanol–water partition coefficient (Wildman–Crippen LogP) is 4.88. The van der Waals surface area contributed by atoms with Crippen molar-refractivity contribution in [1.82, 2.24) is 10.2 Å². The molecule has 0 unspecified atom stereocenters. The largest absolute Gasteiger partial charge is 0.493 e. The fourth-order valence-electron chi connectivity index (χ4n) is 3.46. The van der Waals surface area contributed by atoms with Crippen molar-refractivity contribution in [3.8, 4) is 5.75 Å². The molecule has 0 radical (unpaired) electrons. The Morgan fingerprint density at radius 2 is 1.83 bits per heavy atom. The van der Waals surface area contributed by atoms with Crippen LogP contribution in [0.4, 0.5) is 0 Å². The third-order valence-electron chi connectivity index (χ3n) is 5.25. The monoisotopic (exact) mass is 448 g/mol. The van der Waals surface area contributed by atoms with E-state index in [1.807, 2.05) is 36.1 Å². The Balaban J connectivity index is 1.37. The van der Waals surface area contributed by atoms with E-state index in [9.17, 15) is 9.59 Å². The molecule has 2 aromatic rings. The van der Waals surface area contributed by atoms with Gasteiger partial charge in [0.15, 0.2) is 0 Å². The first-order valence-electron chi connectivity index (χ1n) is 10.2. The van der Waals surface area contributed by atoms with Crippen LogP contribution in [0.5, 0.6) is 5.75 Å². The van der Waals surface area contributed by atoms with Crippen molar-refractivity contribution in [2.24, 2.45) is 0 Å². The summed E-state index contributed by atoms with van der Waals surface area (Å²) in [5, 5.41) is 3.80. The summed E-state index contributed by atoms with van der Waals surface area (Å²) in [5.41, 5.74) is 1.57. The SMILES string of the molecule is Cc1ccccc1OCCCC(=O)N1CCC(NC(=O)c2ccc(Cl)c(Cl)c2)CC1. The minimum atomic E-state index is -0.174. The molecule has 160 valence electrons. The number of benzene rings is 2. The molecule has 2 amide bonds. The van der Waals surface area contributed by atoms with Crippen molar-refractivity contribution in [3.63, 3.8) is 0 Å². The van der Waals surface area contributed by atoms with Crippen LogP contribution in [0.25, 0.3) is 0 Å². The summed E-state index contributed by atoms with van der Waals surface area (Å²) in [6, 6.07) is 12.7. The Morgan fingerprint density at radius 3 is 2.53 bits per heavy atom. The van der Waals surface area contributed by atoms with Gasteiger partial charge in [-0.3, -0.25) is 9.59 Å². The maximum Gasteiger partial charge on any atom is 0.251 e. The first kappa shape index (κ1) is 22.4. The summed E-state index contributed by atoms with van der Waals surface area (Å²) in [6.07, 6.45) is 2.62. The first-order chi connectivity index (χ1) is 14.4. The number of para-hydroxylation sites is 1. The molecule has 1 heterocycles. The summed E-state index contributed by atoms with van der Waals surface area (Å²) >= 11 is 11.9. The highest BCUT2D eigenvalue weighted by Gasteiger charge is 2.24. The second kappa shape index (κ2) is 10.7. The summed E-state index contributed by atoms with van der Waals surface area (Å²) in [6.45, 7) is 3.81. The minimum absolute atomic E-state index is 0.0420. The van der Waals surface area contributed by atoms with E-state index in [4.69, 9.17) is 27.9 Å². The maximum atomic E-state index is 12.5. The molecular weight excluding hydrogens is 423 g/mol. The lowest BCUT2D eigenvalue weighted by Gasteiger charge is -2.32. The first-order valence-corrected chi connectivity index (χ1v) is 10.9. The highest BCUT2D eigenvalue weighted by molar-refractivity contribution is 6.42. The summed E-state index contributed by atoms with van der Waals surface area (Å²) in [7, 11) is 0. The Kier molecular flexibility index (Phi) is 8.00. The van der Waals surface area contributed by atoms with Crippen LogP contribution >= 0.6 is 23.2 Å². The molecule has 0 aromatic heterocycles. The van der Waals surface area contributed by atoms with Crippen molar-refractivity contribution in [2.45, 2.75) is 38.6 Å². The molecule has 0 spiro atoms. The summed E-state index contributed by atoms with van der Waals surface area (Å²) in [4.78, 5) is 26.7. The number of ether oxygens (including phenoxy) is 1. The maximum absolute atomic E-state index is 12.5. The van der Waals surface area contributed by atoms with Crippen LogP contribution in [0, 0.1) is 6.92 Å². The number of aryl methyl sites for hydroxylation is 1. The minimum Gasteiger partial charge on any atom is -0.493 e. The Morgan fingerprint density at radius 1 is 1.10 bits per heavy atom. The molecular formula is C23H26Cl2N2O3. The van der Waals surface area contributed by atoms with Crippen LogP contribution < -0.4 is 10.1 Å². The highest BCUT2D eigenvalue weighted by atomic mass is 35.5. The van der Waals surface area contributed by atoms with Gasteiger partial charge in [0, 0.05) is 31.1 Å².